The van der Waals surface area contributed by atoms with Gasteiger partial charge in [-0.05, 0) is 48.9 Å². The molecule has 1 aromatic carbocycles. The van der Waals surface area contributed by atoms with Gasteiger partial charge in [-0.15, -0.1) is 0 Å². The summed E-state index contributed by atoms with van der Waals surface area (Å²) in [6.07, 6.45) is 4.65. The minimum Gasteiger partial charge on any atom is -0.384 e. The number of rotatable bonds is 7. The Labute approximate surface area is 122 Å². The van der Waals surface area contributed by atoms with Crippen LogP contribution in [0.3, 0.4) is 0 Å². The molecule has 2 N–H and O–H groups in total. The molecule has 2 rings (SSSR count). The molecule has 1 saturated carbocycles. The van der Waals surface area contributed by atoms with Gasteiger partial charge in [-0.2, -0.15) is 0 Å². The Morgan fingerprint density at radius 1 is 1.20 bits per heavy atom. The fourth-order valence-corrected chi connectivity index (χ4v) is 3.48. The van der Waals surface area contributed by atoms with E-state index in [9.17, 15) is 8.42 Å². The fraction of sp³-hybridized carbons (Fsp3) is 0.600. The fourth-order valence-electron chi connectivity index (χ4n) is 2.34. The Kier molecular flexibility index (Phi) is 4.70. The summed E-state index contributed by atoms with van der Waals surface area (Å²) < 4.78 is 26.5. The van der Waals surface area contributed by atoms with Crippen molar-refractivity contribution in [2.45, 2.75) is 44.4 Å². The highest BCUT2D eigenvalue weighted by Crippen LogP contribution is 2.40. The van der Waals surface area contributed by atoms with Crippen LogP contribution < -0.4 is 10.0 Å². The maximum atomic E-state index is 11.9. The summed E-state index contributed by atoms with van der Waals surface area (Å²) in [7, 11) is -3.35. The highest BCUT2D eigenvalue weighted by molar-refractivity contribution is 7.89. The third-order valence-electron chi connectivity index (χ3n) is 3.99. The Hall–Kier alpha value is -1.07. The third kappa shape index (κ3) is 3.73. The van der Waals surface area contributed by atoms with Gasteiger partial charge in [-0.3, -0.25) is 0 Å². The van der Waals surface area contributed by atoms with Crippen molar-refractivity contribution < 1.29 is 8.42 Å². The van der Waals surface area contributed by atoms with E-state index in [1.807, 2.05) is 19.1 Å². The van der Waals surface area contributed by atoms with E-state index < -0.39 is 10.0 Å². The molecule has 0 atom stereocenters. The molecular formula is C15H24N2O2S. The molecule has 0 heterocycles. The van der Waals surface area contributed by atoms with E-state index in [4.69, 9.17) is 0 Å². The van der Waals surface area contributed by atoms with Crippen LogP contribution >= 0.6 is 0 Å². The standard InChI is InChI=1S/C15H24N2O2S/c1-3-11-17-20(18,19)14-7-5-13(6-8-14)16-12-15(2)9-4-10-15/h5-8,16-17H,3-4,9-12H2,1-2H3. The molecule has 4 nitrogen and oxygen atoms in total. The minimum atomic E-state index is -3.35. The quantitative estimate of drug-likeness (QED) is 0.813. The lowest BCUT2D eigenvalue weighted by molar-refractivity contribution is 0.180. The van der Waals surface area contributed by atoms with Crippen molar-refractivity contribution in [2.75, 3.05) is 18.4 Å². The molecule has 1 aliphatic rings. The summed E-state index contributed by atoms with van der Waals surface area (Å²) in [5, 5.41) is 3.39. The number of anilines is 1. The number of hydrogen-bond acceptors (Lipinski definition) is 3. The number of benzene rings is 1. The Bertz CT molecular complexity index is 533. The molecule has 0 unspecified atom stereocenters. The van der Waals surface area contributed by atoms with Crippen LogP contribution in [-0.2, 0) is 10.0 Å². The zero-order chi connectivity index (χ0) is 14.6. The van der Waals surface area contributed by atoms with Crippen LogP contribution in [0.1, 0.15) is 39.5 Å². The van der Waals surface area contributed by atoms with Crippen LogP contribution in [0.15, 0.2) is 29.2 Å². The molecule has 0 bridgehead atoms. The molecule has 0 amide bonds. The van der Waals surface area contributed by atoms with Crippen molar-refractivity contribution in [3.05, 3.63) is 24.3 Å². The first-order chi connectivity index (χ1) is 9.45. The molecule has 0 saturated heterocycles. The monoisotopic (exact) mass is 296 g/mol. The van der Waals surface area contributed by atoms with Gasteiger partial charge in [0.05, 0.1) is 4.90 Å². The average molecular weight is 296 g/mol. The molecule has 0 spiro atoms. The van der Waals surface area contributed by atoms with E-state index in [-0.39, 0.29) is 0 Å². The van der Waals surface area contributed by atoms with E-state index in [2.05, 4.69) is 17.0 Å². The van der Waals surface area contributed by atoms with Gasteiger partial charge in [0, 0.05) is 18.8 Å². The number of nitrogens with one attached hydrogen (secondary N) is 2. The van der Waals surface area contributed by atoms with Gasteiger partial charge < -0.3 is 5.32 Å². The van der Waals surface area contributed by atoms with E-state index in [0.717, 1.165) is 18.7 Å². The molecular weight excluding hydrogens is 272 g/mol. The van der Waals surface area contributed by atoms with Crippen molar-refractivity contribution in [3.8, 4) is 0 Å². The summed E-state index contributed by atoms with van der Waals surface area (Å²) in [6.45, 7) is 5.65. The molecule has 20 heavy (non-hydrogen) atoms. The smallest absolute Gasteiger partial charge is 0.240 e. The summed E-state index contributed by atoms with van der Waals surface area (Å²) in [5.41, 5.74) is 1.39. The molecule has 1 fully saturated rings. The van der Waals surface area contributed by atoms with Crippen LogP contribution in [-0.4, -0.2) is 21.5 Å². The summed E-state index contributed by atoms with van der Waals surface area (Å²) in [4.78, 5) is 0.325. The second kappa shape index (κ2) is 6.14. The highest BCUT2D eigenvalue weighted by atomic mass is 32.2. The zero-order valence-corrected chi connectivity index (χ0v) is 13.1. The van der Waals surface area contributed by atoms with Gasteiger partial charge in [0.2, 0.25) is 10.0 Å². The van der Waals surface area contributed by atoms with Gasteiger partial charge in [-0.25, -0.2) is 13.1 Å². The van der Waals surface area contributed by atoms with Gasteiger partial charge in [0.25, 0.3) is 0 Å². The maximum absolute atomic E-state index is 11.9. The van der Waals surface area contributed by atoms with Crippen molar-refractivity contribution in [1.82, 2.24) is 4.72 Å². The van der Waals surface area contributed by atoms with Crippen molar-refractivity contribution in [2.24, 2.45) is 5.41 Å². The number of sulfonamides is 1. The third-order valence-corrected chi connectivity index (χ3v) is 5.46. The average Bonchev–Trinajstić information content (AvgIpc) is 2.41. The van der Waals surface area contributed by atoms with E-state index in [1.54, 1.807) is 12.1 Å². The highest BCUT2D eigenvalue weighted by Gasteiger charge is 2.31. The topological polar surface area (TPSA) is 58.2 Å². The predicted molar refractivity (Wildman–Crippen MR) is 82.4 cm³/mol. The first-order valence-corrected chi connectivity index (χ1v) is 8.77. The SMILES string of the molecule is CCCNS(=O)(=O)c1ccc(NCC2(C)CCC2)cc1. The largest absolute Gasteiger partial charge is 0.384 e. The van der Waals surface area contributed by atoms with Crippen LogP contribution in [0.25, 0.3) is 0 Å². The predicted octanol–water partition coefficient (Wildman–Crippen LogP) is 2.98. The van der Waals surface area contributed by atoms with E-state index >= 15 is 0 Å². The second-order valence-corrected chi connectivity index (χ2v) is 7.71. The Balaban J connectivity index is 1.95. The molecule has 112 valence electrons. The van der Waals surface area contributed by atoms with Crippen LogP contribution in [0.5, 0.6) is 0 Å². The van der Waals surface area contributed by atoms with Gasteiger partial charge in [0.1, 0.15) is 0 Å². The minimum absolute atomic E-state index is 0.325. The summed E-state index contributed by atoms with van der Waals surface area (Å²) >= 11 is 0. The molecule has 0 aliphatic heterocycles. The molecule has 1 aliphatic carbocycles. The Morgan fingerprint density at radius 3 is 2.35 bits per heavy atom. The summed E-state index contributed by atoms with van der Waals surface area (Å²) in [6, 6.07) is 6.98. The van der Waals surface area contributed by atoms with Crippen molar-refractivity contribution >= 4 is 15.7 Å². The van der Waals surface area contributed by atoms with E-state index in [0.29, 0.717) is 16.9 Å². The molecule has 5 heteroatoms. The van der Waals surface area contributed by atoms with Crippen LogP contribution in [0.4, 0.5) is 5.69 Å². The lowest BCUT2D eigenvalue weighted by Gasteiger charge is -2.38. The maximum Gasteiger partial charge on any atom is 0.240 e. The van der Waals surface area contributed by atoms with Gasteiger partial charge in [0.15, 0.2) is 0 Å². The molecule has 0 radical (unpaired) electrons. The summed E-state index contributed by atoms with van der Waals surface area (Å²) in [5.74, 6) is 0. The first kappa shape index (κ1) is 15.3. The molecule has 1 aromatic rings. The number of hydrogen-bond donors (Lipinski definition) is 2. The van der Waals surface area contributed by atoms with Gasteiger partial charge in [-0.1, -0.05) is 20.3 Å². The van der Waals surface area contributed by atoms with Crippen molar-refractivity contribution in [3.63, 3.8) is 0 Å². The lowest BCUT2D eigenvalue weighted by Crippen LogP contribution is -2.33. The van der Waals surface area contributed by atoms with Gasteiger partial charge >= 0.3 is 0 Å². The second-order valence-electron chi connectivity index (χ2n) is 5.94. The zero-order valence-electron chi connectivity index (χ0n) is 12.3. The van der Waals surface area contributed by atoms with Crippen LogP contribution in [0, 0.1) is 5.41 Å². The van der Waals surface area contributed by atoms with Crippen LogP contribution in [0.2, 0.25) is 0 Å². The van der Waals surface area contributed by atoms with Crippen molar-refractivity contribution in [1.29, 1.82) is 0 Å². The lowest BCUT2D eigenvalue weighted by atomic mass is 9.70. The normalized spacial score (nSPS) is 17.5. The first-order valence-electron chi connectivity index (χ1n) is 7.29. The molecule has 0 aromatic heterocycles. The van der Waals surface area contributed by atoms with E-state index in [1.165, 1.54) is 19.3 Å². The Morgan fingerprint density at radius 2 is 1.85 bits per heavy atom.